The van der Waals surface area contributed by atoms with Crippen LogP contribution in [0.4, 0.5) is 0 Å². The standard InChI is InChI=1S/C12H15N5O/c13-10-3-5-17(7-10)8-11-15-12(16-18-11)9-2-1-4-14-6-9/h1-2,4,6,10H,3,5,7-8,13H2. The highest BCUT2D eigenvalue weighted by atomic mass is 16.5. The van der Waals surface area contributed by atoms with Gasteiger partial charge in [0.05, 0.1) is 6.54 Å². The molecule has 1 unspecified atom stereocenters. The van der Waals surface area contributed by atoms with Gasteiger partial charge in [-0.15, -0.1) is 0 Å². The molecule has 2 N–H and O–H groups in total. The Balaban J connectivity index is 1.70. The first kappa shape index (κ1) is 11.3. The van der Waals surface area contributed by atoms with Crippen molar-refractivity contribution in [2.75, 3.05) is 13.1 Å². The molecule has 1 aliphatic heterocycles. The Labute approximate surface area is 105 Å². The number of hydrogen-bond acceptors (Lipinski definition) is 6. The van der Waals surface area contributed by atoms with Crippen LogP contribution in [0, 0.1) is 0 Å². The molecule has 3 heterocycles. The Morgan fingerprint density at radius 1 is 1.50 bits per heavy atom. The van der Waals surface area contributed by atoms with E-state index >= 15 is 0 Å². The predicted molar refractivity (Wildman–Crippen MR) is 65.4 cm³/mol. The molecule has 18 heavy (non-hydrogen) atoms. The van der Waals surface area contributed by atoms with Gasteiger partial charge in [0.25, 0.3) is 0 Å². The summed E-state index contributed by atoms with van der Waals surface area (Å²) in [6, 6.07) is 4.03. The SMILES string of the molecule is NC1CCN(Cc2nc(-c3cccnc3)no2)C1. The van der Waals surface area contributed by atoms with E-state index in [2.05, 4.69) is 20.0 Å². The smallest absolute Gasteiger partial charge is 0.241 e. The quantitative estimate of drug-likeness (QED) is 0.855. The van der Waals surface area contributed by atoms with Gasteiger partial charge in [-0.3, -0.25) is 9.88 Å². The van der Waals surface area contributed by atoms with Crippen LogP contribution in [0.1, 0.15) is 12.3 Å². The Morgan fingerprint density at radius 3 is 3.17 bits per heavy atom. The van der Waals surface area contributed by atoms with Crippen molar-refractivity contribution in [3.63, 3.8) is 0 Å². The first-order valence-corrected chi connectivity index (χ1v) is 6.02. The van der Waals surface area contributed by atoms with Crippen molar-refractivity contribution < 1.29 is 4.52 Å². The van der Waals surface area contributed by atoms with Crippen LogP contribution < -0.4 is 5.73 Å². The molecule has 1 aliphatic rings. The summed E-state index contributed by atoms with van der Waals surface area (Å²) in [5.74, 6) is 1.21. The summed E-state index contributed by atoms with van der Waals surface area (Å²) in [6.07, 6.45) is 4.47. The molecule has 1 fully saturated rings. The summed E-state index contributed by atoms with van der Waals surface area (Å²) < 4.78 is 5.24. The second kappa shape index (κ2) is 4.83. The lowest BCUT2D eigenvalue weighted by atomic mass is 10.3. The molecule has 0 aliphatic carbocycles. The molecule has 1 saturated heterocycles. The van der Waals surface area contributed by atoms with Crippen LogP contribution >= 0.6 is 0 Å². The highest BCUT2D eigenvalue weighted by Gasteiger charge is 2.21. The van der Waals surface area contributed by atoms with Crippen molar-refractivity contribution in [1.29, 1.82) is 0 Å². The van der Waals surface area contributed by atoms with Crippen LogP contribution in [-0.4, -0.2) is 39.2 Å². The third-order valence-corrected chi connectivity index (χ3v) is 3.06. The maximum Gasteiger partial charge on any atom is 0.241 e. The highest BCUT2D eigenvalue weighted by Crippen LogP contribution is 2.16. The summed E-state index contributed by atoms with van der Waals surface area (Å²) >= 11 is 0. The van der Waals surface area contributed by atoms with E-state index in [9.17, 15) is 0 Å². The Hall–Kier alpha value is -1.79. The molecule has 0 aromatic carbocycles. The fourth-order valence-corrected chi connectivity index (χ4v) is 2.13. The van der Waals surface area contributed by atoms with Crippen LogP contribution in [0.15, 0.2) is 29.0 Å². The zero-order valence-corrected chi connectivity index (χ0v) is 9.99. The third kappa shape index (κ3) is 2.39. The van der Waals surface area contributed by atoms with E-state index < -0.39 is 0 Å². The zero-order valence-electron chi connectivity index (χ0n) is 9.99. The summed E-state index contributed by atoms with van der Waals surface area (Å²) in [6.45, 7) is 2.55. The van der Waals surface area contributed by atoms with Crippen molar-refractivity contribution in [3.8, 4) is 11.4 Å². The largest absolute Gasteiger partial charge is 0.338 e. The monoisotopic (exact) mass is 245 g/mol. The van der Waals surface area contributed by atoms with Gasteiger partial charge < -0.3 is 10.3 Å². The van der Waals surface area contributed by atoms with Gasteiger partial charge in [-0.1, -0.05) is 5.16 Å². The van der Waals surface area contributed by atoms with Crippen molar-refractivity contribution in [1.82, 2.24) is 20.0 Å². The molecular weight excluding hydrogens is 230 g/mol. The van der Waals surface area contributed by atoms with Gasteiger partial charge in [-0.05, 0) is 18.6 Å². The average molecular weight is 245 g/mol. The molecule has 0 spiro atoms. The third-order valence-electron chi connectivity index (χ3n) is 3.06. The number of hydrogen-bond donors (Lipinski definition) is 1. The summed E-state index contributed by atoms with van der Waals surface area (Å²) in [7, 11) is 0. The van der Waals surface area contributed by atoms with Gasteiger partial charge in [0.15, 0.2) is 0 Å². The average Bonchev–Trinajstić information content (AvgIpc) is 3.01. The zero-order chi connectivity index (χ0) is 12.4. The van der Waals surface area contributed by atoms with Crippen molar-refractivity contribution in [2.24, 2.45) is 5.73 Å². The van der Waals surface area contributed by atoms with Gasteiger partial charge >= 0.3 is 0 Å². The van der Waals surface area contributed by atoms with E-state index in [1.54, 1.807) is 12.4 Å². The number of pyridine rings is 1. The predicted octanol–water partition coefficient (Wildman–Crippen LogP) is 0.665. The van der Waals surface area contributed by atoms with E-state index in [0.29, 0.717) is 18.3 Å². The van der Waals surface area contributed by atoms with Crippen LogP contribution in [0.2, 0.25) is 0 Å². The summed E-state index contributed by atoms with van der Waals surface area (Å²) in [5, 5.41) is 3.96. The van der Waals surface area contributed by atoms with E-state index in [1.807, 2.05) is 12.1 Å². The van der Waals surface area contributed by atoms with E-state index in [0.717, 1.165) is 25.1 Å². The minimum absolute atomic E-state index is 0.269. The van der Waals surface area contributed by atoms with Crippen molar-refractivity contribution >= 4 is 0 Å². The molecule has 94 valence electrons. The second-order valence-corrected chi connectivity index (χ2v) is 4.54. The number of rotatable bonds is 3. The lowest BCUT2D eigenvalue weighted by Crippen LogP contribution is -2.26. The first-order valence-electron chi connectivity index (χ1n) is 6.02. The molecular formula is C12H15N5O. The Morgan fingerprint density at radius 2 is 2.44 bits per heavy atom. The maximum absolute atomic E-state index is 5.86. The van der Waals surface area contributed by atoms with Gasteiger partial charge in [0, 0.05) is 37.1 Å². The molecule has 2 aromatic rings. The Kier molecular flexibility index (Phi) is 3.04. The number of nitrogens with zero attached hydrogens (tertiary/aromatic N) is 4. The summed E-state index contributed by atoms with van der Waals surface area (Å²) in [4.78, 5) is 10.6. The van der Waals surface area contributed by atoms with E-state index in [-0.39, 0.29) is 6.04 Å². The fourth-order valence-electron chi connectivity index (χ4n) is 2.13. The number of nitrogens with two attached hydrogens (primary N) is 1. The normalized spacial score (nSPS) is 20.4. The number of likely N-dealkylation sites (tertiary alicyclic amines) is 1. The van der Waals surface area contributed by atoms with Crippen LogP contribution in [0.5, 0.6) is 0 Å². The van der Waals surface area contributed by atoms with Crippen LogP contribution in [-0.2, 0) is 6.54 Å². The minimum Gasteiger partial charge on any atom is -0.338 e. The van der Waals surface area contributed by atoms with Crippen molar-refractivity contribution in [3.05, 3.63) is 30.4 Å². The Bertz CT molecular complexity index is 512. The first-order chi connectivity index (χ1) is 8.81. The topological polar surface area (TPSA) is 81.1 Å². The highest BCUT2D eigenvalue weighted by molar-refractivity contribution is 5.51. The van der Waals surface area contributed by atoms with E-state index in [4.69, 9.17) is 10.3 Å². The lowest BCUT2D eigenvalue weighted by Gasteiger charge is -2.10. The van der Waals surface area contributed by atoms with Gasteiger partial charge in [0.1, 0.15) is 0 Å². The van der Waals surface area contributed by atoms with E-state index in [1.165, 1.54) is 0 Å². The molecule has 0 amide bonds. The second-order valence-electron chi connectivity index (χ2n) is 4.54. The van der Waals surface area contributed by atoms with Gasteiger partial charge in [-0.2, -0.15) is 4.98 Å². The fraction of sp³-hybridized carbons (Fsp3) is 0.417. The lowest BCUT2D eigenvalue weighted by molar-refractivity contribution is 0.265. The molecule has 3 rings (SSSR count). The molecule has 0 saturated carbocycles. The molecule has 6 heteroatoms. The number of aromatic nitrogens is 3. The van der Waals surface area contributed by atoms with Crippen LogP contribution in [0.3, 0.4) is 0 Å². The molecule has 0 radical (unpaired) electrons. The van der Waals surface area contributed by atoms with Crippen LogP contribution in [0.25, 0.3) is 11.4 Å². The minimum atomic E-state index is 0.269. The summed E-state index contributed by atoms with van der Waals surface area (Å²) in [5.41, 5.74) is 6.72. The van der Waals surface area contributed by atoms with Gasteiger partial charge in [-0.25, -0.2) is 0 Å². The molecule has 1 atom stereocenters. The molecule has 0 bridgehead atoms. The van der Waals surface area contributed by atoms with Crippen molar-refractivity contribution in [2.45, 2.75) is 19.0 Å². The molecule has 2 aromatic heterocycles. The maximum atomic E-state index is 5.86. The van der Waals surface area contributed by atoms with Gasteiger partial charge in [0.2, 0.25) is 11.7 Å². The molecule has 6 nitrogen and oxygen atoms in total.